The Bertz CT molecular complexity index is 1160. The Kier molecular flexibility index (Phi) is 3.37. The van der Waals surface area contributed by atoms with Crippen LogP contribution in [0.4, 0.5) is 8.78 Å². The van der Waals surface area contributed by atoms with Crippen molar-refractivity contribution in [3.8, 4) is 22.4 Å². The molecule has 0 amide bonds. The molecule has 0 N–H and O–H groups in total. The molecule has 1 aliphatic heterocycles. The molecule has 130 valence electrons. The molecule has 0 fully saturated rings. The number of benzene rings is 1. The van der Waals surface area contributed by atoms with E-state index in [2.05, 4.69) is 10.1 Å². The molecule has 0 spiro atoms. The molecule has 0 atom stereocenters. The van der Waals surface area contributed by atoms with Crippen molar-refractivity contribution < 1.29 is 8.78 Å². The molecule has 4 aromatic rings. The zero-order valence-corrected chi connectivity index (χ0v) is 14.3. The van der Waals surface area contributed by atoms with Crippen LogP contribution in [0, 0.1) is 11.6 Å². The highest BCUT2D eigenvalue weighted by Crippen LogP contribution is 2.41. The predicted molar refractivity (Wildman–Crippen MR) is 95.1 cm³/mol. The first kappa shape index (κ1) is 15.5. The summed E-state index contributed by atoms with van der Waals surface area (Å²) in [4.78, 5) is 4.44. The van der Waals surface area contributed by atoms with Gasteiger partial charge >= 0.3 is 0 Å². The van der Waals surface area contributed by atoms with Gasteiger partial charge in [-0.15, -0.1) is 0 Å². The van der Waals surface area contributed by atoms with Crippen molar-refractivity contribution in [2.45, 2.75) is 19.4 Å². The molecular weight excluding hydrogens is 358 g/mol. The minimum Gasteiger partial charge on any atom is -0.307 e. The molecular formula is C19H13ClF2N4. The highest BCUT2D eigenvalue weighted by Gasteiger charge is 2.27. The first-order chi connectivity index (χ1) is 12.6. The van der Waals surface area contributed by atoms with Gasteiger partial charge in [-0.05, 0) is 37.1 Å². The van der Waals surface area contributed by atoms with Crippen molar-refractivity contribution in [2.75, 3.05) is 0 Å². The van der Waals surface area contributed by atoms with Gasteiger partial charge < -0.3 is 4.40 Å². The molecule has 4 nitrogen and oxygen atoms in total. The molecule has 0 saturated heterocycles. The molecule has 5 rings (SSSR count). The third kappa shape index (κ3) is 2.12. The van der Waals surface area contributed by atoms with Crippen LogP contribution in [0.5, 0.6) is 0 Å². The zero-order chi connectivity index (χ0) is 17.8. The summed E-state index contributed by atoms with van der Waals surface area (Å²) in [6, 6.07) is 6.43. The second-order valence-corrected chi connectivity index (χ2v) is 6.68. The third-order valence-electron chi connectivity index (χ3n) is 4.82. The van der Waals surface area contributed by atoms with Crippen LogP contribution in [-0.2, 0) is 13.0 Å². The van der Waals surface area contributed by atoms with Crippen LogP contribution in [0.15, 0.2) is 42.9 Å². The van der Waals surface area contributed by atoms with Gasteiger partial charge in [-0.2, -0.15) is 5.10 Å². The van der Waals surface area contributed by atoms with Crippen LogP contribution < -0.4 is 0 Å². The molecule has 26 heavy (non-hydrogen) atoms. The van der Waals surface area contributed by atoms with Crippen LogP contribution in [0.1, 0.15) is 12.1 Å². The number of hydrogen-bond acceptors (Lipinski definition) is 2. The van der Waals surface area contributed by atoms with Crippen molar-refractivity contribution in [1.82, 2.24) is 19.2 Å². The fraction of sp³-hybridized carbons (Fsp3) is 0.158. The van der Waals surface area contributed by atoms with E-state index in [1.807, 2.05) is 33.6 Å². The van der Waals surface area contributed by atoms with Crippen LogP contribution >= 0.6 is 11.6 Å². The van der Waals surface area contributed by atoms with Gasteiger partial charge in [0.2, 0.25) is 0 Å². The van der Waals surface area contributed by atoms with Gasteiger partial charge in [-0.3, -0.25) is 4.68 Å². The van der Waals surface area contributed by atoms with Crippen molar-refractivity contribution in [3.63, 3.8) is 0 Å². The van der Waals surface area contributed by atoms with Gasteiger partial charge in [-0.1, -0.05) is 11.6 Å². The van der Waals surface area contributed by atoms with Crippen molar-refractivity contribution in [3.05, 3.63) is 65.2 Å². The standard InChI is InChI=1S/C19H13ClF2N4/c20-16-13(21)6-5-12(17(16)22)18-15(14-4-2-9-26(14)24-18)11-3-1-8-25-10-7-23-19(11)25/h1,3,5-8,10H,2,4,9H2. The van der Waals surface area contributed by atoms with E-state index in [1.165, 1.54) is 12.1 Å². The van der Waals surface area contributed by atoms with Gasteiger partial charge in [0.15, 0.2) is 5.82 Å². The molecule has 0 radical (unpaired) electrons. The lowest BCUT2D eigenvalue weighted by molar-refractivity contribution is 0.585. The summed E-state index contributed by atoms with van der Waals surface area (Å²) < 4.78 is 32.1. The lowest BCUT2D eigenvalue weighted by Gasteiger charge is -2.09. The van der Waals surface area contributed by atoms with Crippen molar-refractivity contribution >= 4 is 17.2 Å². The number of aryl methyl sites for hydroxylation is 1. The van der Waals surface area contributed by atoms with Gasteiger partial charge in [0.05, 0.1) is 0 Å². The summed E-state index contributed by atoms with van der Waals surface area (Å²) in [6.07, 6.45) is 7.32. The highest BCUT2D eigenvalue weighted by molar-refractivity contribution is 6.31. The molecule has 4 heterocycles. The average molecular weight is 371 g/mol. The monoisotopic (exact) mass is 370 g/mol. The molecule has 0 saturated carbocycles. The van der Waals surface area contributed by atoms with Crippen molar-refractivity contribution in [2.24, 2.45) is 0 Å². The van der Waals surface area contributed by atoms with Crippen LogP contribution in [0.25, 0.3) is 28.0 Å². The quantitative estimate of drug-likeness (QED) is 0.478. The van der Waals surface area contributed by atoms with E-state index in [9.17, 15) is 8.78 Å². The predicted octanol–water partition coefficient (Wildman–Crippen LogP) is 4.74. The Morgan fingerprint density at radius 3 is 2.85 bits per heavy atom. The van der Waals surface area contributed by atoms with Gasteiger partial charge in [0.1, 0.15) is 22.2 Å². The Labute approximate surface area is 152 Å². The van der Waals surface area contributed by atoms with Crippen LogP contribution in [0.3, 0.4) is 0 Å². The summed E-state index contributed by atoms with van der Waals surface area (Å²) in [7, 11) is 0. The SMILES string of the molecule is Fc1ccc(-c2nn3c(c2-c2cccn4ccnc24)CCC3)c(F)c1Cl. The Morgan fingerprint density at radius 2 is 1.96 bits per heavy atom. The smallest absolute Gasteiger partial charge is 0.154 e. The van der Waals surface area contributed by atoms with E-state index >= 15 is 0 Å². The second kappa shape index (κ2) is 5.64. The molecule has 0 aliphatic carbocycles. The summed E-state index contributed by atoms with van der Waals surface area (Å²) >= 11 is 5.80. The van der Waals surface area contributed by atoms with Crippen molar-refractivity contribution in [1.29, 1.82) is 0 Å². The lowest BCUT2D eigenvalue weighted by atomic mass is 9.98. The average Bonchev–Trinajstić information content (AvgIpc) is 3.34. The van der Waals surface area contributed by atoms with E-state index in [0.29, 0.717) is 5.69 Å². The fourth-order valence-electron chi connectivity index (χ4n) is 3.66. The number of halogens is 3. The Morgan fingerprint density at radius 1 is 1.08 bits per heavy atom. The summed E-state index contributed by atoms with van der Waals surface area (Å²) in [5, 5.41) is 4.11. The lowest BCUT2D eigenvalue weighted by Crippen LogP contribution is -1.96. The van der Waals surface area contributed by atoms with Gasteiger partial charge in [0, 0.05) is 47.5 Å². The first-order valence-corrected chi connectivity index (χ1v) is 8.68. The Hall–Kier alpha value is -2.73. The minimum absolute atomic E-state index is 0.196. The number of hydrogen-bond donors (Lipinski definition) is 0. The molecule has 0 bridgehead atoms. The number of imidazole rings is 1. The molecule has 1 aliphatic rings. The molecule has 0 unspecified atom stereocenters. The minimum atomic E-state index is -0.792. The van der Waals surface area contributed by atoms with E-state index in [1.54, 1.807) is 6.20 Å². The van der Waals surface area contributed by atoms with Gasteiger partial charge in [0.25, 0.3) is 0 Å². The van der Waals surface area contributed by atoms with E-state index in [-0.39, 0.29) is 5.56 Å². The summed E-state index contributed by atoms with van der Waals surface area (Å²) in [6.45, 7) is 0.774. The highest BCUT2D eigenvalue weighted by atomic mass is 35.5. The van der Waals surface area contributed by atoms with E-state index in [4.69, 9.17) is 11.6 Å². The maximum Gasteiger partial charge on any atom is 0.154 e. The van der Waals surface area contributed by atoms with E-state index < -0.39 is 16.7 Å². The van der Waals surface area contributed by atoms with E-state index in [0.717, 1.165) is 41.9 Å². The zero-order valence-electron chi connectivity index (χ0n) is 13.6. The number of aromatic nitrogens is 4. The molecule has 7 heteroatoms. The first-order valence-electron chi connectivity index (χ1n) is 8.31. The Balaban J connectivity index is 1.84. The summed E-state index contributed by atoms with van der Waals surface area (Å²) in [5.41, 5.74) is 4.18. The van der Waals surface area contributed by atoms with Crippen LogP contribution in [-0.4, -0.2) is 19.2 Å². The largest absolute Gasteiger partial charge is 0.307 e. The fourth-order valence-corrected chi connectivity index (χ4v) is 3.82. The number of nitrogens with zero attached hydrogens (tertiary/aromatic N) is 4. The topological polar surface area (TPSA) is 35.1 Å². The summed E-state index contributed by atoms with van der Waals surface area (Å²) in [5.74, 6) is -1.57. The second-order valence-electron chi connectivity index (χ2n) is 6.30. The third-order valence-corrected chi connectivity index (χ3v) is 5.17. The van der Waals surface area contributed by atoms with Gasteiger partial charge in [-0.25, -0.2) is 13.8 Å². The van der Waals surface area contributed by atoms with Crippen LogP contribution in [0.2, 0.25) is 5.02 Å². The number of pyridine rings is 1. The number of rotatable bonds is 2. The maximum absolute atomic E-state index is 14.7. The number of fused-ring (bicyclic) bond motifs is 2. The maximum atomic E-state index is 14.7. The normalized spacial score (nSPS) is 13.5. The molecule has 1 aromatic carbocycles. The molecule has 3 aromatic heterocycles.